The first-order valence-corrected chi connectivity index (χ1v) is 6.95. The van der Waals surface area contributed by atoms with Crippen molar-refractivity contribution in [2.24, 2.45) is 0 Å². The molecule has 2 nitrogen and oxygen atoms in total. The van der Waals surface area contributed by atoms with Crippen LogP contribution in [0.3, 0.4) is 0 Å². The molecule has 0 fully saturated rings. The highest BCUT2D eigenvalue weighted by atomic mass is 79.9. The highest BCUT2D eigenvalue weighted by Gasteiger charge is 2.12. The lowest BCUT2D eigenvalue weighted by molar-refractivity contribution is 0.196. The first-order valence-electron chi connectivity index (χ1n) is 5.34. The lowest BCUT2D eigenvalue weighted by atomic mass is 10.1. The minimum absolute atomic E-state index is 0.352. The zero-order valence-electron chi connectivity index (χ0n) is 9.60. The van der Waals surface area contributed by atoms with Crippen molar-refractivity contribution >= 4 is 27.7 Å². The Labute approximate surface area is 117 Å². The summed E-state index contributed by atoms with van der Waals surface area (Å²) in [6.45, 7) is 1.62. The zero-order valence-corrected chi connectivity index (χ0v) is 12.0. The van der Waals surface area contributed by atoms with Crippen LogP contribution in [0.15, 0.2) is 50.9 Å². The molecule has 1 unspecified atom stereocenters. The number of aromatic nitrogens is 1. The number of pyridine rings is 1. The first-order chi connectivity index (χ1) is 8.58. The zero-order chi connectivity index (χ0) is 13.1. The van der Waals surface area contributed by atoms with E-state index < -0.39 is 6.10 Å². The van der Waals surface area contributed by atoms with E-state index in [9.17, 15) is 9.50 Å². The molecule has 1 aromatic heterocycles. The van der Waals surface area contributed by atoms with E-state index in [0.29, 0.717) is 5.56 Å². The lowest BCUT2D eigenvalue weighted by Gasteiger charge is -2.11. The van der Waals surface area contributed by atoms with Crippen LogP contribution in [0.4, 0.5) is 4.39 Å². The largest absolute Gasteiger partial charge is 0.389 e. The Morgan fingerprint density at radius 1 is 1.39 bits per heavy atom. The normalized spacial score (nSPS) is 12.4. The summed E-state index contributed by atoms with van der Waals surface area (Å²) in [7, 11) is 0. The minimum Gasteiger partial charge on any atom is -0.389 e. The summed E-state index contributed by atoms with van der Waals surface area (Å²) in [6, 6.07) is 8.10. The molecule has 0 aliphatic heterocycles. The third-order valence-corrected chi connectivity index (χ3v) is 4.37. The van der Waals surface area contributed by atoms with Gasteiger partial charge in [0, 0.05) is 11.1 Å². The monoisotopic (exact) mass is 327 g/mol. The molecule has 5 heteroatoms. The molecule has 94 valence electrons. The van der Waals surface area contributed by atoms with Crippen LogP contribution in [0.25, 0.3) is 0 Å². The second-order valence-electron chi connectivity index (χ2n) is 3.75. The maximum absolute atomic E-state index is 13.2. The fraction of sp³-hybridized carbons (Fsp3) is 0.154. The van der Waals surface area contributed by atoms with Crippen LogP contribution in [0.1, 0.15) is 18.6 Å². The number of aliphatic hydroxyl groups excluding tert-OH is 1. The number of nitrogens with zero attached hydrogens (tertiary/aromatic N) is 1. The minimum atomic E-state index is -0.717. The highest BCUT2D eigenvalue weighted by molar-refractivity contribution is 9.10. The van der Waals surface area contributed by atoms with Crippen molar-refractivity contribution in [3.8, 4) is 0 Å². The molecule has 0 saturated heterocycles. The van der Waals surface area contributed by atoms with Gasteiger partial charge in [0.05, 0.1) is 10.6 Å². The quantitative estimate of drug-likeness (QED) is 0.917. The molecule has 1 atom stereocenters. The van der Waals surface area contributed by atoms with Crippen LogP contribution in [-0.4, -0.2) is 10.1 Å². The van der Waals surface area contributed by atoms with Gasteiger partial charge < -0.3 is 5.11 Å². The van der Waals surface area contributed by atoms with Gasteiger partial charge in [-0.2, -0.15) is 0 Å². The molecule has 1 aromatic carbocycles. The van der Waals surface area contributed by atoms with E-state index in [-0.39, 0.29) is 5.82 Å². The summed E-state index contributed by atoms with van der Waals surface area (Å²) in [4.78, 5) is 5.03. The summed E-state index contributed by atoms with van der Waals surface area (Å²) < 4.78 is 14.1. The Kier molecular flexibility index (Phi) is 4.37. The molecule has 1 heterocycles. The molecule has 0 amide bonds. The molecule has 0 spiro atoms. The van der Waals surface area contributed by atoms with Crippen LogP contribution < -0.4 is 0 Å². The Bertz CT molecular complexity index is 562. The number of rotatable bonds is 3. The van der Waals surface area contributed by atoms with E-state index in [4.69, 9.17) is 0 Å². The molecule has 0 aliphatic rings. The van der Waals surface area contributed by atoms with Crippen LogP contribution in [0.2, 0.25) is 0 Å². The molecule has 1 N–H and O–H groups in total. The van der Waals surface area contributed by atoms with Crippen LogP contribution in [0, 0.1) is 5.82 Å². The average molecular weight is 328 g/mol. The van der Waals surface area contributed by atoms with Crippen molar-refractivity contribution in [2.45, 2.75) is 22.9 Å². The van der Waals surface area contributed by atoms with Crippen molar-refractivity contribution in [1.82, 2.24) is 4.98 Å². The topological polar surface area (TPSA) is 33.1 Å². The van der Waals surface area contributed by atoms with E-state index in [1.54, 1.807) is 19.2 Å². The second-order valence-corrected chi connectivity index (χ2v) is 5.64. The molecule has 0 bridgehead atoms. The van der Waals surface area contributed by atoms with Crippen LogP contribution >= 0.6 is 27.7 Å². The maximum atomic E-state index is 13.2. The second kappa shape index (κ2) is 5.82. The first kappa shape index (κ1) is 13.5. The van der Waals surface area contributed by atoms with Gasteiger partial charge in [-0.05, 0) is 58.7 Å². The molecule has 0 saturated carbocycles. The standard InChI is InChI=1S/C13H11BrFNOS/c1-8(17)10-7-9(15)4-5-12(10)18-13-11(14)3-2-6-16-13/h2-8,17H,1H3. The molecule has 0 aliphatic carbocycles. The smallest absolute Gasteiger partial charge is 0.123 e. The van der Waals surface area contributed by atoms with Gasteiger partial charge in [-0.15, -0.1) is 0 Å². The van der Waals surface area contributed by atoms with Gasteiger partial charge in [0.25, 0.3) is 0 Å². The van der Waals surface area contributed by atoms with Crippen molar-refractivity contribution in [2.75, 3.05) is 0 Å². The molecular weight excluding hydrogens is 317 g/mol. The van der Waals surface area contributed by atoms with Crippen molar-refractivity contribution < 1.29 is 9.50 Å². The summed E-state index contributed by atoms with van der Waals surface area (Å²) in [5.74, 6) is -0.352. The van der Waals surface area contributed by atoms with Gasteiger partial charge >= 0.3 is 0 Å². The number of hydrogen-bond acceptors (Lipinski definition) is 3. The maximum Gasteiger partial charge on any atom is 0.123 e. The van der Waals surface area contributed by atoms with Gasteiger partial charge in [-0.3, -0.25) is 0 Å². The van der Waals surface area contributed by atoms with Gasteiger partial charge in [0.15, 0.2) is 0 Å². The number of hydrogen-bond donors (Lipinski definition) is 1. The third kappa shape index (κ3) is 3.10. The predicted octanol–water partition coefficient (Wildman–Crippen LogP) is 4.19. The average Bonchev–Trinajstić information content (AvgIpc) is 2.34. The number of aliphatic hydroxyl groups is 1. The lowest BCUT2D eigenvalue weighted by Crippen LogP contribution is -1.95. The Hall–Kier alpha value is -0.910. The van der Waals surface area contributed by atoms with E-state index in [0.717, 1.165) is 14.4 Å². The van der Waals surface area contributed by atoms with Gasteiger partial charge in [-0.1, -0.05) is 11.8 Å². The van der Waals surface area contributed by atoms with Gasteiger partial charge in [0.2, 0.25) is 0 Å². The summed E-state index contributed by atoms with van der Waals surface area (Å²) in [5.41, 5.74) is 0.567. The SMILES string of the molecule is CC(O)c1cc(F)ccc1Sc1ncccc1Br. The van der Waals surface area contributed by atoms with Crippen molar-refractivity contribution in [3.05, 3.63) is 52.4 Å². The molecule has 2 rings (SSSR count). The number of benzene rings is 1. The fourth-order valence-electron chi connectivity index (χ4n) is 1.49. The predicted molar refractivity (Wildman–Crippen MR) is 73.1 cm³/mol. The molecule has 18 heavy (non-hydrogen) atoms. The van der Waals surface area contributed by atoms with Gasteiger partial charge in [0.1, 0.15) is 10.8 Å². The number of halogens is 2. The third-order valence-electron chi connectivity index (χ3n) is 2.35. The molecule has 2 aromatic rings. The molecule has 0 radical (unpaired) electrons. The molecular formula is C13H11BrFNOS. The van der Waals surface area contributed by atoms with Crippen LogP contribution in [0.5, 0.6) is 0 Å². The Morgan fingerprint density at radius 2 is 2.17 bits per heavy atom. The van der Waals surface area contributed by atoms with E-state index in [1.807, 2.05) is 12.1 Å². The van der Waals surface area contributed by atoms with E-state index >= 15 is 0 Å². The highest BCUT2D eigenvalue weighted by Crippen LogP contribution is 2.35. The van der Waals surface area contributed by atoms with Crippen molar-refractivity contribution in [1.29, 1.82) is 0 Å². The van der Waals surface area contributed by atoms with Crippen molar-refractivity contribution in [3.63, 3.8) is 0 Å². The van der Waals surface area contributed by atoms with E-state index in [1.165, 1.54) is 23.9 Å². The Morgan fingerprint density at radius 3 is 2.83 bits per heavy atom. The summed E-state index contributed by atoms with van der Waals surface area (Å²) in [5, 5.41) is 10.4. The van der Waals surface area contributed by atoms with E-state index in [2.05, 4.69) is 20.9 Å². The summed E-state index contributed by atoms with van der Waals surface area (Å²) >= 11 is 4.80. The fourth-order valence-corrected chi connectivity index (χ4v) is 2.96. The Balaban J connectivity index is 2.37. The van der Waals surface area contributed by atoms with Crippen LogP contribution in [-0.2, 0) is 0 Å². The summed E-state index contributed by atoms with van der Waals surface area (Å²) in [6.07, 6.45) is 0.976. The van der Waals surface area contributed by atoms with Gasteiger partial charge in [-0.25, -0.2) is 9.37 Å².